The number of piperidine rings is 1. The summed E-state index contributed by atoms with van der Waals surface area (Å²) in [6, 6.07) is 12.9. The molecule has 0 spiro atoms. The summed E-state index contributed by atoms with van der Waals surface area (Å²) in [5, 5.41) is 10.8. The van der Waals surface area contributed by atoms with Crippen molar-refractivity contribution in [2.45, 2.75) is 18.1 Å². The highest BCUT2D eigenvalue weighted by Gasteiger charge is 2.66. The molecule has 0 bridgehead atoms. The zero-order valence-corrected chi connectivity index (χ0v) is 15.7. The van der Waals surface area contributed by atoms with Gasteiger partial charge in [0.15, 0.2) is 0 Å². The van der Waals surface area contributed by atoms with Crippen LogP contribution in [0.5, 0.6) is 0 Å². The van der Waals surface area contributed by atoms with Crippen LogP contribution < -0.4 is 5.73 Å². The second-order valence-corrected chi connectivity index (χ2v) is 7.53. The van der Waals surface area contributed by atoms with Gasteiger partial charge in [0, 0.05) is 36.3 Å². The average Bonchev–Trinajstić information content (AvgIpc) is 3.40. The lowest BCUT2D eigenvalue weighted by molar-refractivity contribution is -0.140. The predicted octanol–water partition coefficient (Wildman–Crippen LogP) is 1.04. The molecule has 2 aliphatic rings. The number of rotatable bonds is 2. The number of carbonyl (C=O) groups excluding carboxylic acids is 2. The molecule has 3 N–H and O–H groups in total. The molecule has 7 nitrogen and oxygen atoms in total. The van der Waals surface area contributed by atoms with Crippen LogP contribution in [0.4, 0.5) is 0 Å². The smallest absolute Gasteiger partial charge is 0.285 e. The van der Waals surface area contributed by atoms with Gasteiger partial charge in [0.05, 0.1) is 11.2 Å². The molecule has 1 saturated heterocycles. The summed E-state index contributed by atoms with van der Waals surface area (Å²) in [5.41, 5.74) is 6.62. The molecule has 1 saturated carbocycles. The maximum absolute atomic E-state index is 12.3. The van der Waals surface area contributed by atoms with E-state index in [1.165, 1.54) is 0 Å². The third-order valence-corrected chi connectivity index (χ3v) is 5.74. The fourth-order valence-electron chi connectivity index (χ4n) is 4.12. The number of aromatic nitrogens is 2. The molecule has 1 aliphatic carbocycles. The lowest BCUT2D eigenvalue weighted by Crippen LogP contribution is -2.41. The number of amides is 2. The number of nitrogens with zero attached hydrogens (tertiary/aromatic N) is 3. The van der Waals surface area contributed by atoms with Crippen LogP contribution >= 0.6 is 0 Å². The molecule has 7 heteroatoms. The first-order valence-electron chi connectivity index (χ1n) is 9.30. The van der Waals surface area contributed by atoms with Crippen LogP contribution in [0.15, 0.2) is 48.7 Å². The molecule has 0 unspecified atom stereocenters. The Bertz CT molecular complexity index is 1250. The molecule has 2 fully saturated rings. The standard InChI is InChI=1S/C22H18N4O3/c1-25-17-12-15(17)22(29,21(25)28)9-8-13-5-4-6-14(11-13)18-16-7-2-3-10-26(16)20(24-18)19(23)27/h2-7,10-11,15,17,29H,12H2,1H3,(H2,23,27)/t15-,17+,22-/m0/s1. The van der Waals surface area contributed by atoms with Gasteiger partial charge in [-0.15, -0.1) is 0 Å². The van der Waals surface area contributed by atoms with E-state index in [4.69, 9.17) is 5.73 Å². The molecular formula is C22H18N4O3. The summed E-state index contributed by atoms with van der Waals surface area (Å²) in [4.78, 5) is 30.1. The first kappa shape index (κ1) is 17.5. The Hall–Kier alpha value is -3.63. The van der Waals surface area contributed by atoms with E-state index in [0.717, 1.165) is 17.5 Å². The van der Waals surface area contributed by atoms with Crippen LogP contribution in [0.25, 0.3) is 16.8 Å². The number of imidazole rings is 1. The topological polar surface area (TPSA) is 101 Å². The van der Waals surface area contributed by atoms with Crippen molar-refractivity contribution < 1.29 is 14.7 Å². The van der Waals surface area contributed by atoms with Crippen molar-refractivity contribution in [3.05, 3.63) is 60.0 Å². The van der Waals surface area contributed by atoms with Crippen molar-refractivity contribution in [1.29, 1.82) is 0 Å². The van der Waals surface area contributed by atoms with Gasteiger partial charge in [0.25, 0.3) is 11.8 Å². The van der Waals surface area contributed by atoms with Crippen molar-refractivity contribution in [2.75, 3.05) is 7.05 Å². The van der Waals surface area contributed by atoms with E-state index in [9.17, 15) is 14.7 Å². The van der Waals surface area contributed by atoms with Crippen LogP contribution in [0.1, 0.15) is 22.6 Å². The van der Waals surface area contributed by atoms with E-state index in [2.05, 4.69) is 16.8 Å². The van der Waals surface area contributed by atoms with Crippen LogP contribution in [0.3, 0.4) is 0 Å². The number of primary amides is 1. The van der Waals surface area contributed by atoms with E-state index < -0.39 is 11.5 Å². The van der Waals surface area contributed by atoms with E-state index in [1.54, 1.807) is 34.7 Å². The van der Waals surface area contributed by atoms with Crippen molar-refractivity contribution >= 4 is 17.3 Å². The molecule has 2 aromatic heterocycles. The Labute approximate surface area is 166 Å². The molecular weight excluding hydrogens is 368 g/mol. The SMILES string of the molecule is CN1C(=O)[C@](O)(C#Cc2cccc(-c3nc(C(N)=O)n4ccccc34)c2)[C@H]2C[C@H]21. The second kappa shape index (κ2) is 5.93. The third-order valence-electron chi connectivity index (χ3n) is 5.74. The molecule has 1 aromatic carbocycles. The Kier molecular flexibility index (Phi) is 3.57. The summed E-state index contributed by atoms with van der Waals surface area (Å²) >= 11 is 0. The number of benzene rings is 1. The maximum atomic E-state index is 12.3. The second-order valence-electron chi connectivity index (χ2n) is 7.53. The quantitative estimate of drug-likeness (QED) is 0.643. The lowest BCUT2D eigenvalue weighted by Gasteiger charge is -2.18. The molecule has 3 heterocycles. The molecule has 2 amide bonds. The number of likely N-dealkylation sites (tertiary alicyclic amines) is 1. The number of carbonyl (C=O) groups is 2. The summed E-state index contributed by atoms with van der Waals surface area (Å²) in [6.45, 7) is 0. The predicted molar refractivity (Wildman–Crippen MR) is 106 cm³/mol. The van der Waals surface area contributed by atoms with E-state index in [0.29, 0.717) is 11.3 Å². The number of fused-ring (bicyclic) bond motifs is 2. The Balaban J connectivity index is 1.55. The first-order valence-corrected chi connectivity index (χ1v) is 9.30. The van der Waals surface area contributed by atoms with Gasteiger partial charge < -0.3 is 15.7 Å². The number of nitrogens with two attached hydrogens (primary N) is 1. The van der Waals surface area contributed by atoms with Gasteiger partial charge in [0.2, 0.25) is 11.4 Å². The van der Waals surface area contributed by atoms with Crippen LogP contribution in [0, 0.1) is 17.8 Å². The Morgan fingerprint density at radius 1 is 1.31 bits per heavy atom. The van der Waals surface area contributed by atoms with Gasteiger partial charge in [-0.25, -0.2) is 4.98 Å². The molecule has 3 atom stereocenters. The summed E-state index contributed by atoms with van der Waals surface area (Å²) < 4.78 is 1.65. The van der Waals surface area contributed by atoms with Gasteiger partial charge in [-0.05, 0) is 30.7 Å². The number of likely N-dealkylation sites (N-methyl/N-ethyl adjacent to an activating group) is 1. The van der Waals surface area contributed by atoms with Crippen LogP contribution in [-0.4, -0.2) is 49.9 Å². The third kappa shape index (κ3) is 2.53. The highest BCUT2D eigenvalue weighted by molar-refractivity contribution is 5.94. The fraction of sp³-hybridized carbons (Fsp3) is 0.227. The number of aliphatic hydroxyl groups is 1. The van der Waals surface area contributed by atoms with Gasteiger partial charge >= 0.3 is 0 Å². The van der Waals surface area contributed by atoms with Crippen LogP contribution in [0.2, 0.25) is 0 Å². The van der Waals surface area contributed by atoms with Crippen LogP contribution in [-0.2, 0) is 4.79 Å². The highest BCUT2D eigenvalue weighted by Crippen LogP contribution is 2.50. The largest absolute Gasteiger partial charge is 0.369 e. The maximum Gasteiger partial charge on any atom is 0.285 e. The fourth-order valence-corrected chi connectivity index (χ4v) is 4.12. The lowest BCUT2D eigenvalue weighted by atomic mass is 9.98. The van der Waals surface area contributed by atoms with Crippen molar-refractivity contribution in [3.63, 3.8) is 0 Å². The normalized spacial score (nSPS) is 24.9. The molecule has 144 valence electrons. The van der Waals surface area contributed by atoms with Crippen molar-refractivity contribution in [1.82, 2.24) is 14.3 Å². The Morgan fingerprint density at radius 3 is 2.86 bits per heavy atom. The Morgan fingerprint density at radius 2 is 2.14 bits per heavy atom. The van der Waals surface area contributed by atoms with Crippen molar-refractivity contribution in [2.24, 2.45) is 11.7 Å². The number of hydrogen-bond donors (Lipinski definition) is 2. The summed E-state index contributed by atoms with van der Waals surface area (Å²) in [6.07, 6.45) is 2.52. The molecule has 1 aliphatic heterocycles. The molecule has 0 radical (unpaired) electrons. The average molecular weight is 386 g/mol. The van der Waals surface area contributed by atoms with E-state index in [-0.39, 0.29) is 23.7 Å². The van der Waals surface area contributed by atoms with E-state index in [1.807, 2.05) is 30.3 Å². The number of hydrogen-bond acceptors (Lipinski definition) is 4. The minimum absolute atomic E-state index is 0.0947. The van der Waals surface area contributed by atoms with Crippen molar-refractivity contribution in [3.8, 4) is 23.1 Å². The zero-order valence-electron chi connectivity index (χ0n) is 15.7. The number of pyridine rings is 1. The highest BCUT2D eigenvalue weighted by atomic mass is 16.3. The van der Waals surface area contributed by atoms with Gasteiger partial charge in [-0.1, -0.05) is 30.0 Å². The minimum Gasteiger partial charge on any atom is -0.369 e. The molecule has 3 aromatic rings. The van der Waals surface area contributed by atoms with E-state index >= 15 is 0 Å². The summed E-state index contributed by atoms with van der Waals surface area (Å²) in [7, 11) is 1.70. The monoisotopic (exact) mass is 386 g/mol. The minimum atomic E-state index is -1.62. The summed E-state index contributed by atoms with van der Waals surface area (Å²) in [5.74, 6) is 4.83. The molecule has 29 heavy (non-hydrogen) atoms. The van der Waals surface area contributed by atoms with Gasteiger partial charge in [0.1, 0.15) is 0 Å². The first-order chi connectivity index (χ1) is 13.9. The van der Waals surface area contributed by atoms with Gasteiger partial charge in [-0.2, -0.15) is 0 Å². The zero-order chi connectivity index (χ0) is 20.3. The molecule has 5 rings (SSSR count). The van der Waals surface area contributed by atoms with Gasteiger partial charge in [-0.3, -0.25) is 14.0 Å².